The number of ether oxygens (including phenoxy) is 2. The van der Waals surface area contributed by atoms with Crippen molar-refractivity contribution >= 4 is 34.3 Å². The number of nitrogens with two attached hydrogens (primary N) is 1. The topological polar surface area (TPSA) is 116 Å². The molecule has 0 saturated carbocycles. The molecule has 3 N–H and O–H groups in total. The molecule has 1 aromatic heterocycles. The van der Waals surface area contributed by atoms with Gasteiger partial charge in [0.15, 0.2) is 18.1 Å². The zero-order chi connectivity index (χ0) is 24.1. The Morgan fingerprint density at radius 3 is 2.71 bits per heavy atom. The minimum Gasteiger partial charge on any atom is -0.493 e. The van der Waals surface area contributed by atoms with Crippen LogP contribution in [0.5, 0.6) is 11.5 Å². The van der Waals surface area contributed by atoms with Crippen LogP contribution in [-0.2, 0) is 21.4 Å². The molecule has 0 saturated heterocycles. The fraction of sp³-hybridized carbons (Fsp3) is 0.240. The first-order chi connectivity index (χ1) is 16.3. The highest BCUT2D eigenvalue weighted by Crippen LogP contribution is 2.47. The lowest BCUT2D eigenvalue weighted by molar-refractivity contribution is -0.139. The number of carbonyl (C=O) groups excluding carboxylic acids is 3. The van der Waals surface area contributed by atoms with E-state index in [4.69, 9.17) is 15.2 Å². The smallest absolute Gasteiger partial charge is 0.259 e. The van der Waals surface area contributed by atoms with E-state index in [1.54, 1.807) is 12.1 Å². The Bertz CT molecular complexity index is 1400. The van der Waals surface area contributed by atoms with Crippen molar-refractivity contribution in [1.29, 1.82) is 0 Å². The van der Waals surface area contributed by atoms with Crippen LogP contribution in [0.15, 0.2) is 53.9 Å². The van der Waals surface area contributed by atoms with E-state index in [-0.39, 0.29) is 25.0 Å². The zero-order valence-corrected chi connectivity index (χ0v) is 19.0. The number of primary amides is 1. The summed E-state index contributed by atoms with van der Waals surface area (Å²) < 4.78 is 13.0. The summed E-state index contributed by atoms with van der Waals surface area (Å²) in [6.45, 7) is 1.25. The number of anilines is 1. The van der Waals surface area contributed by atoms with Crippen LogP contribution >= 0.6 is 0 Å². The molecular formula is C25H24N4O5. The van der Waals surface area contributed by atoms with Crippen molar-refractivity contribution in [2.75, 3.05) is 25.6 Å². The molecule has 9 nitrogen and oxygen atoms in total. The van der Waals surface area contributed by atoms with E-state index >= 15 is 0 Å². The predicted molar refractivity (Wildman–Crippen MR) is 125 cm³/mol. The monoisotopic (exact) mass is 460 g/mol. The van der Waals surface area contributed by atoms with E-state index in [9.17, 15) is 14.4 Å². The molecule has 0 aliphatic carbocycles. The zero-order valence-electron chi connectivity index (χ0n) is 19.0. The number of benzene rings is 2. The lowest BCUT2D eigenvalue weighted by Gasteiger charge is -2.21. The van der Waals surface area contributed by atoms with E-state index in [1.165, 1.54) is 18.9 Å². The second kappa shape index (κ2) is 7.95. The number of amides is 3. The lowest BCUT2D eigenvalue weighted by Crippen LogP contribution is -2.33. The molecule has 2 aliphatic heterocycles. The van der Waals surface area contributed by atoms with Gasteiger partial charge in [0, 0.05) is 42.9 Å². The summed E-state index contributed by atoms with van der Waals surface area (Å²) in [5.41, 5.74) is 10.0. The molecule has 0 fully saturated rings. The highest BCUT2D eigenvalue weighted by atomic mass is 16.5. The molecule has 9 heteroatoms. The SMILES string of the molecule is COc1ccc([C@H]2C3=C(CN(C(C)=O)C3=O)Nc3cccc4c3c2cn4C)cc1OCC(N)=O. The van der Waals surface area contributed by atoms with Crippen LogP contribution in [0.1, 0.15) is 24.0 Å². The van der Waals surface area contributed by atoms with Crippen LogP contribution in [-0.4, -0.2) is 47.4 Å². The molecule has 3 amide bonds. The molecule has 2 aromatic carbocycles. The van der Waals surface area contributed by atoms with Crippen LogP contribution in [0.2, 0.25) is 0 Å². The lowest BCUT2D eigenvalue weighted by atomic mass is 9.84. The molecule has 3 aromatic rings. The maximum absolute atomic E-state index is 13.5. The van der Waals surface area contributed by atoms with Crippen molar-refractivity contribution in [3.8, 4) is 11.5 Å². The molecule has 174 valence electrons. The van der Waals surface area contributed by atoms with Crippen molar-refractivity contribution in [1.82, 2.24) is 9.47 Å². The number of nitrogens with one attached hydrogen (secondary N) is 1. The van der Waals surface area contributed by atoms with Gasteiger partial charge in [0.2, 0.25) is 5.91 Å². The first-order valence-electron chi connectivity index (χ1n) is 10.8. The van der Waals surface area contributed by atoms with Crippen LogP contribution in [0.25, 0.3) is 10.9 Å². The molecule has 5 rings (SSSR count). The number of aryl methyl sites for hydroxylation is 1. The maximum Gasteiger partial charge on any atom is 0.259 e. The van der Waals surface area contributed by atoms with Crippen LogP contribution in [0.4, 0.5) is 5.69 Å². The Morgan fingerprint density at radius 1 is 1.21 bits per heavy atom. The Labute approximate surface area is 195 Å². The normalized spacial score (nSPS) is 16.9. The number of methoxy groups -OCH3 is 1. The summed E-state index contributed by atoms with van der Waals surface area (Å²) in [6.07, 6.45) is 2.01. The third kappa shape index (κ3) is 3.28. The van der Waals surface area contributed by atoms with Crippen LogP contribution in [0.3, 0.4) is 0 Å². The summed E-state index contributed by atoms with van der Waals surface area (Å²) >= 11 is 0. The minimum absolute atomic E-state index is 0.175. The maximum atomic E-state index is 13.5. The number of hydrogen-bond donors (Lipinski definition) is 2. The standard InChI is InChI=1S/C25H24N4O5/c1-13(30)29-11-17-24(25(29)32)22(14-7-8-19(33-3)20(9-14)34-12-21(26)31)15-10-28(2)18-6-4-5-16(27-17)23(15)18/h4-10,22,27H,11-12H2,1-3H3,(H2,26,31)/t22-/m1/s1. The summed E-state index contributed by atoms with van der Waals surface area (Å²) in [4.78, 5) is 38.3. The Morgan fingerprint density at radius 2 is 2.00 bits per heavy atom. The average Bonchev–Trinajstić information content (AvgIpc) is 3.26. The predicted octanol–water partition coefficient (Wildman–Crippen LogP) is 2.25. The first kappa shape index (κ1) is 21.6. The fourth-order valence-corrected chi connectivity index (χ4v) is 4.85. The van der Waals surface area contributed by atoms with Gasteiger partial charge in [-0.3, -0.25) is 19.3 Å². The van der Waals surface area contributed by atoms with E-state index in [2.05, 4.69) is 5.32 Å². The van der Waals surface area contributed by atoms with Gasteiger partial charge in [-0.15, -0.1) is 0 Å². The quantitative estimate of drug-likeness (QED) is 0.603. The second-order valence-corrected chi connectivity index (χ2v) is 8.42. The van der Waals surface area contributed by atoms with Gasteiger partial charge < -0.3 is 25.1 Å². The summed E-state index contributed by atoms with van der Waals surface area (Å²) in [5.74, 6) is -0.961. The summed E-state index contributed by atoms with van der Waals surface area (Å²) in [5, 5.41) is 4.43. The summed E-state index contributed by atoms with van der Waals surface area (Å²) in [6, 6.07) is 11.3. The largest absolute Gasteiger partial charge is 0.493 e. The average molecular weight is 460 g/mol. The van der Waals surface area contributed by atoms with Crippen molar-refractivity contribution in [2.24, 2.45) is 12.8 Å². The molecule has 2 aliphatic rings. The molecule has 34 heavy (non-hydrogen) atoms. The van der Waals surface area contributed by atoms with Gasteiger partial charge in [-0.25, -0.2) is 0 Å². The van der Waals surface area contributed by atoms with Gasteiger partial charge in [-0.05, 0) is 35.4 Å². The van der Waals surface area contributed by atoms with Gasteiger partial charge >= 0.3 is 0 Å². The number of hydrogen-bond acceptors (Lipinski definition) is 6. The van der Waals surface area contributed by atoms with Crippen molar-refractivity contribution in [3.63, 3.8) is 0 Å². The van der Waals surface area contributed by atoms with Crippen LogP contribution < -0.4 is 20.5 Å². The fourth-order valence-electron chi connectivity index (χ4n) is 4.85. The molecule has 3 heterocycles. The van der Waals surface area contributed by atoms with E-state index in [1.807, 2.05) is 42.1 Å². The second-order valence-electron chi connectivity index (χ2n) is 8.42. The van der Waals surface area contributed by atoms with Crippen LogP contribution in [0, 0.1) is 0 Å². The van der Waals surface area contributed by atoms with Gasteiger partial charge in [0.05, 0.1) is 24.7 Å². The molecular weight excluding hydrogens is 436 g/mol. The van der Waals surface area contributed by atoms with Gasteiger partial charge in [-0.1, -0.05) is 12.1 Å². The van der Waals surface area contributed by atoms with Gasteiger partial charge in [-0.2, -0.15) is 0 Å². The number of nitrogens with zero attached hydrogens (tertiary/aromatic N) is 2. The number of imide groups is 1. The van der Waals surface area contributed by atoms with Crippen molar-refractivity contribution < 1.29 is 23.9 Å². The molecule has 1 atom stereocenters. The Kier molecular flexibility index (Phi) is 5.04. The number of aromatic nitrogens is 1. The molecule has 0 bridgehead atoms. The van der Waals surface area contributed by atoms with E-state index in [0.29, 0.717) is 22.8 Å². The van der Waals surface area contributed by atoms with E-state index < -0.39 is 11.8 Å². The third-order valence-electron chi connectivity index (χ3n) is 6.32. The number of carbonyl (C=O) groups is 3. The van der Waals surface area contributed by atoms with Crippen molar-refractivity contribution in [2.45, 2.75) is 12.8 Å². The van der Waals surface area contributed by atoms with Crippen molar-refractivity contribution in [3.05, 3.63) is 65.0 Å². The van der Waals surface area contributed by atoms with Gasteiger partial charge in [0.25, 0.3) is 11.8 Å². The molecule has 0 unspecified atom stereocenters. The van der Waals surface area contributed by atoms with E-state index in [0.717, 1.165) is 27.7 Å². The summed E-state index contributed by atoms with van der Waals surface area (Å²) in [7, 11) is 3.46. The highest BCUT2D eigenvalue weighted by molar-refractivity contribution is 6.11. The minimum atomic E-state index is -0.613. The first-order valence-corrected chi connectivity index (χ1v) is 10.8. The Hall–Kier alpha value is -4.27. The van der Waals surface area contributed by atoms with Gasteiger partial charge in [0.1, 0.15) is 0 Å². The third-order valence-corrected chi connectivity index (χ3v) is 6.32. The highest BCUT2D eigenvalue weighted by Gasteiger charge is 2.41. The molecule has 0 spiro atoms. The number of rotatable bonds is 5. The Balaban J connectivity index is 1.74. The molecule has 0 radical (unpaired) electrons.